The molecule has 0 saturated heterocycles. The lowest BCUT2D eigenvalue weighted by molar-refractivity contribution is 0.319. The molecule has 0 unspecified atom stereocenters. The molecule has 0 aliphatic carbocycles. The summed E-state index contributed by atoms with van der Waals surface area (Å²) in [6.07, 6.45) is 0. The van der Waals surface area contributed by atoms with E-state index in [0.29, 0.717) is 27.5 Å². The van der Waals surface area contributed by atoms with Crippen LogP contribution in [-0.2, 0) is 0 Å². The van der Waals surface area contributed by atoms with Crippen LogP contribution in [0.25, 0.3) is 10.4 Å². The van der Waals surface area contributed by atoms with Crippen molar-refractivity contribution in [2.45, 2.75) is 0 Å². The zero-order valence-corrected chi connectivity index (χ0v) is 10.5. The zero-order chi connectivity index (χ0) is 13.7. The van der Waals surface area contributed by atoms with Gasteiger partial charge < -0.3 is 5.21 Å². The molecule has 5 nitrogen and oxygen atoms in total. The van der Waals surface area contributed by atoms with E-state index < -0.39 is 0 Å². The van der Waals surface area contributed by atoms with E-state index in [4.69, 9.17) is 17.1 Å². The molecule has 2 aromatic carbocycles. The van der Waals surface area contributed by atoms with Crippen molar-refractivity contribution in [1.29, 1.82) is 0 Å². The molecule has 0 bridgehead atoms. The van der Waals surface area contributed by atoms with Gasteiger partial charge in [-0.3, -0.25) is 0 Å². The van der Waals surface area contributed by atoms with Crippen molar-refractivity contribution in [2.75, 3.05) is 0 Å². The standard InChI is InChI=1S/C13H9ClN4O/c14-10-6-7-12(16-18-15)11(8-10)13(17-19)9-4-2-1-3-5-9/h1-8,19H/b17-13+. The third-order valence-electron chi connectivity index (χ3n) is 2.51. The molecule has 1 N–H and O–H groups in total. The first-order valence-electron chi connectivity index (χ1n) is 5.38. The topological polar surface area (TPSA) is 81.4 Å². The minimum Gasteiger partial charge on any atom is -0.410 e. The van der Waals surface area contributed by atoms with E-state index in [2.05, 4.69) is 15.2 Å². The van der Waals surface area contributed by atoms with Gasteiger partial charge in [0.15, 0.2) is 0 Å². The van der Waals surface area contributed by atoms with Crippen LogP contribution in [0.3, 0.4) is 0 Å². The molecule has 19 heavy (non-hydrogen) atoms. The quantitative estimate of drug-likeness (QED) is 0.219. The van der Waals surface area contributed by atoms with E-state index in [1.165, 1.54) is 0 Å². The van der Waals surface area contributed by atoms with Crippen molar-refractivity contribution in [2.24, 2.45) is 10.3 Å². The Hall–Kier alpha value is -2.49. The van der Waals surface area contributed by atoms with Gasteiger partial charge in [-0.1, -0.05) is 58.3 Å². The van der Waals surface area contributed by atoms with Gasteiger partial charge in [-0.25, -0.2) is 0 Å². The first-order valence-corrected chi connectivity index (χ1v) is 5.76. The Bertz CT molecular complexity index is 664. The second kappa shape index (κ2) is 5.91. The summed E-state index contributed by atoms with van der Waals surface area (Å²) in [4.78, 5) is 2.75. The Labute approximate surface area is 114 Å². The van der Waals surface area contributed by atoms with Crippen LogP contribution in [0, 0.1) is 0 Å². The molecule has 0 aromatic heterocycles. The molecular formula is C13H9ClN4O. The van der Waals surface area contributed by atoms with Crippen LogP contribution >= 0.6 is 11.6 Å². The van der Waals surface area contributed by atoms with Crippen LogP contribution in [0.1, 0.15) is 11.1 Å². The van der Waals surface area contributed by atoms with Crippen molar-refractivity contribution in [3.05, 3.63) is 75.1 Å². The molecule has 0 spiro atoms. The van der Waals surface area contributed by atoms with Crippen LogP contribution < -0.4 is 0 Å². The lowest BCUT2D eigenvalue weighted by Crippen LogP contribution is -2.03. The van der Waals surface area contributed by atoms with Crippen LogP contribution in [0.2, 0.25) is 5.02 Å². The van der Waals surface area contributed by atoms with Crippen LogP contribution in [0.15, 0.2) is 58.8 Å². The second-order valence-electron chi connectivity index (χ2n) is 3.67. The predicted molar refractivity (Wildman–Crippen MR) is 74.1 cm³/mol. The third-order valence-corrected chi connectivity index (χ3v) is 2.75. The van der Waals surface area contributed by atoms with Crippen molar-refractivity contribution in [3.63, 3.8) is 0 Å². The largest absolute Gasteiger partial charge is 0.410 e. The van der Waals surface area contributed by atoms with E-state index in [1.54, 1.807) is 30.3 Å². The lowest BCUT2D eigenvalue weighted by Gasteiger charge is -2.08. The average Bonchev–Trinajstić information content (AvgIpc) is 2.44. The molecule has 0 heterocycles. The number of hydrogen-bond acceptors (Lipinski definition) is 3. The predicted octanol–water partition coefficient (Wildman–Crippen LogP) is 4.51. The molecule has 0 fully saturated rings. The third kappa shape index (κ3) is 2.85. The van der Waals surface area contributed by atoms with Crippen LogP contribution in [-0.4, -0.2) is 10.9 Å². The van der Waals surface area contributed by atoms with Gasteiger partial charge in [0.1, 0.15) is 5.71 Å². The number of nitrogens with zero attached hydrogens (tertiary/aromatic N) is 4. The fourth-order valence-corrected chi connectivity index (χ4v) is 1.87. The number of azide groups is 1. The van der Waals surface area contributed by atoms with Crippen molar-refractivity contribution >= 4 is 23.0 Å². The van der Waals surface area contributed by atoms with Crippen LogP contribution in [0.5, 0.6) is 0 Å². The van der Waals surface area contributed by atoms with Crippen molar-refractivity contribution < 1.29 is 5.21 Å². The first-order chi connectivity index (χ1) is 9.26. The van der Waals surface area contributed by atoms with E-state index in [9.17, 15) is 5.21 Å². The molecule has 2 aromatic rings. The van der Waals surface area contributed by atoms with E-state index in [-0.39, 0.29) is 0 Å². The minimum absolute atomic E-state index is 0.297. The number of halogens is 1. The highest BCUT2D eigenvalue weighted by atomic mass is 35.5. The Morgan fingerprint density at radius 3 is 2.53 bits per heavy atom. The smallest absolute Gasteiger partial charge is 0.117 e. The van der Waals surface area contributed by atoms with Gasteiger partial charge in [0, 0.05) is 26.7 Å². The van der Waals surface area contributed by atoms with Gasteiger partial charge >= 0.3 is 0 Å². The molecular weight excluding hydrogens is 264 g/mol. The molecule has 0 amide bonds. The summed E-state index contributed by atoms with van der Waals surface area (Å²) in [6, 6.07) is 13.8. The Balaban J connectivity index is 2.62. The van der Waals surface area contributed by atoms with Crippen molar-refractivity contribution in [1.82, 2.24) is 0 Å². The second-order valence-corrected chi connectivity index (χ2v) is 4.10. The molecule has 94 valence electrons. The molecule has 0 aliphatic heterocycles. The maximum atomic E-state index is 9.23. The normalized spacial score (nSPS) is 10.9. The summed E-state index contributed by atoms with van der Waals surface area (Å²) in [7, 11) is 0. The summed E-state index contributed by atoms with van der Waals surface area (Å²) < 4.78 is 0. The number of hydrogen-bond donors (Lipinski definition) is 1. The summed E-state index contributed by atoms with van der Waals surface area (Å²) in [5.74, 6) is 0. The molecule has 2 rings (SSSR count). The molecule has 0 saturated carbocycles. The number of rotatable bonds is 3. The molecule has 0 radical (unpaired) electrons. The van der Waals surface area contributed by atoms with Gasteiger partial charge in [0.05, 0.1) is 0 Å². The minimum atomic E-state index is 0.297. The fourth-order valence-electron chi connectivity index (χ4n) is 1.70. The summed E-state index contributed by atoms with van der Waals surface area (Å²) in [5, 5.41) is 16.5. The van der Waals surface area contributed by atoms with Gasteiger partial charge in [-0.2, -0.15) is 0 Å². The SMILES string of the molecule is [N-]=[N+]=Nc1ccc(Cl)cc1/C(=N/O)c1ccccc1. The van der Waals surface area contributed by atoms with E-state index in [0.717, 1.165) is 0 Å². The zero-order valence-electron chi connectivity index (χ0n) is 9.73. The maximum absolute atomic E-state index is 9.23. The van der Waals surface area contributed by atoms with E-state index in [1.807, 2.05) is 18.2 Å². The molecule has 0 atom stereocenters. The average molecular weight is 273 g/mol. The summed E-state index contributed by atoms with van der Waals surface area (Å²) in [5.41, 5.74) is 10.4. The van der Waals surface area contributed by atoms with E-state index >= 15 is 0 Å². The monoisotopic (exact) mass is 272 g/mol. The van der Waals surface area contributed by atoms with Crippen LogP contribution in [0.4, 0.5) is 5.69 Å². The highest BCUT2D eigenvalue weighted by molar-refractivity contribution is 6.31. The first kappa shape index (κ1) is 13.0. The van der Waals surface area contributed by atoms with Gasteiger partial charge in [-0.05, 0) is 17.7 Å². The summed E-state index contributed by atoms with van der Waals surface area (Å²) >= 11 is 5.93. The Morgan fingerprint density at radius 1 is 1.16 bits per heavy atom. The number of benzene rings is 2. The van der Waals surface area contributed by atoms with Gasteiger partial charge in [0.2, 0.25) is 0 Å². The summed E-state index contributed by atoms with van der Waals surface area (Å²) in [6.45, 7) is 0. The number of oxime groups is 1. The highest BCUT2D eigenvalue weighted by Crippen LogP contribution is 2.26. The van der Waals surface area contributed by atoms with Crippen molar-refractivity contribution in [3.8, 4) is 0 Å². The molecule has 6 heteroatoms. The Kier molecular flexibility index (Phi) is 4.03. The fraction of sp³-hybridized carbons (Fsp3) is 0. The highest BCUT2D eigenvalue weighted by Gasteiger charge is 2.12. The lowest BCUT2D eigenvalue weighted by atomic mass is 10.0. The van der Waals surface area contributed by atoms with Gasteiger partial charge in [-0.15, -0.1) is 0 Å². The Morgan fingerprint density at radius 2 is 1.89 bits per heavy atom. The maximum Gasteiger partial charge on any atom is 0.117 e. The molecule has 0 aliphatic rings. The van der Waals surface area contributed by atoms with Gasteiger partial charge in [0.25, 0.3) is 0 Å².